The molecule has 0 aliphatic heterocycles. The van der Waals surface area contributed by atoms with Crippen molar-refractivity contribution in [2.24, 2.45) is 5.92 Å². The first kappa shape index (κ1) is 26.3. The Bertz CT molecular complexity index is 1140. The zero-order valence-electron chi connectivity index (χ0n) is 20.7. The van der Waals surface area contributed by atoms with E-state index in [-0.39, 0.29) is 12.2 Å². The first-order valence-electron chi connectivity index (χ1n) is 11.9. The van der Waals surface area contributed by atoms with Crippen molar-refractivity contribution in [3.63, 3.8) is 0 Å². The van der Waals surface area contributed by atoms with Crippen molar-refractivity contribution in [3.8, 4) is 17.6 Å². The van der Waals surface area contributed by atoms with Gasteiger partial charge in [0.25, 0.3) is 5.91 Å². The molecule has 1 aliphatic rings. The maximum atomic E-state index is 13.0. The van der Waals surface area contributed by atoms with Crippen molar-refractivity contribution in [1.29, 1.82) is 5.26 Å². The molecule has 0 bridgehead atoms. The number of esters is 1. The van der Waals surface area contributed by atoms with Gasteiger partial charge in [-0.15, -0.1) is 11.3 Å². The van der Waals surface area contributed by atoms with Crippen LogP contribution in [0, 0.1) is 17.2 Å². The number of aryl methyl sites for hydroxylation is 1. The molecule has 0 fully saturated rings. The van der Waals surface area contributed by atoms with Crippen LogP contribution in [0.25, 0.3) is 6.08 Å². The third-order valence-corrected chi connectivity index (χ3v) is 6.90. The van der Waals surface area contributed by atoms with Gasteiger partial charge in [-0.05, 0) is 74.3 Å². The van der Waals surface area contributed by atoms with Crippen LogP contribution in [0.3, 0.4) is 0 Å². The lowest BCUT2D eigenvalue weighted by Gasteiger charge is -2.12. The zero-order valence-corrected chi connectivity index (χ0v) is 21.5. The van der Waals surface area contributed by atoms with Crippen molar-refractivity contribution in [2.75, 3.05) is 25.6 Å². The lowest BCUT2D eigenvalue weighted by atomic mass is 9.95. The second-order valence-electron chi connectivity index (χ2n) is 8.70. The number of benzene rings is 1. The fraction of sp³-hybridized carbons (Fsp3) is 0.444. The summed E-state index contributed by atoms with van der Waals surface area (Å²) in [6, 6.07) is 7.23. The van der Waals surface area contributed by atoms with E-state index in [4.69, 9.17) is 14.2 Å². The van der Waals surface area contributed by atoms with E-state index >= 15 is 0 Å². The Kier molecular flexibility index (Phi) is 9.32. The van der Waals surface area contributed by atoms with Gasteiger partial charge in [0.1, 0.15) is 16.6 Å². The summed E-state index contributed by atoms with van der Waals surface area (Å²) < 4.78 is 16.5. The molecule has 1 aliphatic carbocycles. The Labute approximate surface area is 210 Å². The van der Waals surface area contributed by atoms with E-state index in [9.17, 15) is 14.9 Å². The maximum Gasteiger partial charge on any atom is 0.341 e. The second kappa shape index (κ2) is 12.4. The number of methoxy groups -OCH3 is 1. The quantitative estimate of drug-likeness (QED) is 0.254. The largest absolute Gasteiger partial charge is 0.493 e. The summed E-state index contributed by atoms with van der Waals surface area (Å²) in [6.07, 6.45) is 6.10. The van der Waals surface area contributed by atoms with E-state index in [1.165, 1.54) is 17.4 Å². The number of carbonyl (C=O) groups excluding carboxylic acids is 2. The molecule has 7 nitrogen and oxygen atoms in total. The van der Waals surface area contributed by atoms with Gasteiger partial charge < -0.3 is 19.5 Å². The topological polar surface area (TPSA) is 97.7 Å². The van der Waals surface area contributed by atoms with Crippen LogP contribution < -0.4 is 14.8 Å². The number of hydrogen-bond acceptors (Lipinski definition) is 7. The van der Waals surface area contributed by atoms with E-state index in [1.807, 2.05) is 6.07 Å². The number of fused-ring (bicyclic) bond motifs is 1. The number of hydrogen-bond donors (Lipinski definition) is 1. The smallest absolute Gasteiger partial charge is 0.341 e. The van der Waals surface area contributed by atoms with E-state index < -0.39 is 11.9 Å². The fourth-order valence-corrected chi connectivity index (χ4v) is 5.13. The van der Waals surface area contributed by atoms with Gasteiger partial charge in [0.05, 0.1) is 25.9 Å². The van der Waals surface area contributed by atoms with Gasteiger partial charge in [-0.25, -0.2) is 4.79 Å². The van der Waals surface area contributed by atoms with Gasteiger partial charge in [0, 0.05) is 4.88 Å². The van der Waals surface area contributed by atoms with Gasteiger partial charge in [0.2, 0.25) is 0 Å². The molecule has 1 aromatic heterocycles. The number of ether oxygens (including phenoxy) is 3. The minimum atomic E-state index is -0.576. The summed E-state index contributed by atoms with van der Waals surface area (Å²) in [5.41, 5.74) is 1.92. The molecule has 0 saturated carbocycles. The Morgan fingerprint density at radius 1 is 1.23 bits per heavy atom. The number of anilines is 1. The summed E-state index contributed by atoms with van der Waals surface area (Å²) >= 11 is 1.39. The van der Waals surface area contributed by atoms with E-state index in [0.717, 1.165) is 42.5 Å². The van der Waals surface area contributed by atoms with Crippen molar-refractivity contribution in [1.82, 2.24) is 0 Å². The second-order valence-corrected chi connectivity index (χ2v) is 9.81. The standard InChI is InChI=1S/C27H32N2O5S/c1-5-33-27(31)24-20-8-6-7-9-23(20)35-26(24)29-25(30)19(16-28)14-18-10-11-21(22(15-18)32-4)34-13-12-17(2)3/h10-11,14-15,17H,5-9,12-13H2,1-4H3,(H,29,30)/b19-14-. The third kappa shape index (κ3) is 6.64. The van der Waals surface area contributed by atoms with Gasteiger partial charge in [0.15, 0.2) is 11.5 Å². The number of nitrogens with one attached hydrogen (secondary N) is 1. The van der Waals surface area contributed by atoms with Crippen LogP contribution in [0.15, 0.2) is 23.8 Å². The molecule has 8 heteroatoms. The SMILES string of the molecule is CCOC(=O)c1c(NC(=O)/C(C#N)=C\c2ccc(OCCC(C)C)c(OC)c2)sc2c1CCCC2. The maximum absolute atomic E-state index is 13.0. The molecule has 3 rings (SSSR count). The number of nitrogens with zero attached hydrogens (tertiary/aromatic N) is 1. The van der Waals surface area contributed by atoms with Crippen LogP contribution in [0.1, 0.15) is 66.4 Å². The van der Waals surface area contributed by atoms with Gasteiger partial charge in [-0.2, -0.15) is 5.26 Å². The van der Waals surface area contributed by atoms with Crippen LogP contribution >= 0.6 is 11.3 Å². The van der Waals surface area contributed by atoms with Crippen molar-refractivity contribution in [2.45, 2.75) is 52.9 Å². The summed E-state index contributed by atoms with van der Waals surface area (Å²) in [4.78, 5) is 26.8. The van der Waals surface area contributed by atoms with Crippen LogP contribution in [-0.4, -0.2) is 32.2 Å². The molecular weight excluding hydrogens is 464 g/mol. The first-order chi connectivity index (χ1) is 16.9. The molecule has 2 aromatic rings. The average molecular weight is 497 g/mol. The van der Waals surface area contributed by atoms with Crippen LogP contribution in [-0.2, 0) is 22.4 Å². The highest BCUT2D eigenvalue weighted by Gasteiger charge is 2.27. The molecular formula is C27H32N2O5S. The number of rotatable bonds is 10. The van der Waals surface area contributed by atoms with Crippen molar-refractivity contribution < 1.29 is 23.8 Å². The third-order valence-electron chi connectivity index (χ3n) is 5.69. The predicted molar refractivity (Wildman–Crippen MR) is 137 cm³/mol. The lowest BCUT2D eigenvalue weighted by molar-refractivity contribution is -0.112. The fourth-order valence-electron chi connectivity index (χ4n) is 3.86. The number of amides is 1. The minimum absolute atomic E-state index is 0.0817. The summed E-state index contributed by atoms with van der Waals surface area (Å²) in [5, 5.41) is 12.9. The molecule has 0 radical (unpaired) electrons. The molecule has 35 heavy (non-hydrogen) atoms. The van der Waals surface area contributed by atoms with Crippen LogP contribution in [0.4, 0.5) is 5.00 Å². The van der Waals surface area contributed by atoms with Gasteiger partial charge in [-0.1, -0.05) is 19.9 Å². The molecule has 0 saturated heterocycles. The lowest BCUT2D eigenvalue weighted by Crippen LogP contribution is -2.16. The van der Waals surface area contributed by atoms with Crippen LogP contribution in [0.2, 0.25) is 0 Å². The molecule has 1 aromatic carbocycles. The Balaban J connectivity index is 1.83. The molecule has 0 unspecified atom stereocenters. The summed E-state index contributed by atoms with van der Waals surface area (Å²) in [7, 11) is 1.55. The molecule has 1 heterocycles. The van der Waals surface area contributed by atoms with E-state index in [0.29, 0.717) is 40.2 Å². The Morgan fingerprint density at radius 2 is 2.00 bits per heavy atom. The highest BCUT2D eigenvalue weighted by molar-refractivity contribution is 7.17. The zero-order chi connectivity index (χ0) is 25.4. The van der Waals surface area contributed by atoms with Gasteiger partial charge in [-0.3, -0.25) is 4.79 Å². The van der Waals surface area contributed by atoms with Gasteiger partial charge >= 0.3 is 5.97 Å². The van der Waals surface area contributed by atoms with E-state index in [2.05, 4.69) is 19.2 Å². The first-order valence-corrected chi connectivity index (χ1v) is 12.7. The summed E-state index contributed by atoms with van der Waals surface area (Å²) in [5.74, 6) is 0.640. The van der Waals surface area contributed by atoms with Crippen LogP contribution in [0.5, 0.6) is 11.5 Å². The molecule has 1 N–H and O–H groups in total. The molecule has 1 amide bonds. The summed E-state index contributed by atoms with van der Waals surface area (Å²) in [6.45, 7) is 6.83. The number of nitriles is 1. The minimum Gasteiger partial charge on any atom is -0.493 e. The van der Waals surface area contributed by atoms with Crippen molar-refractivity contribution in [3.05, 3.63) is 45.3 Å². The van der Waals surface area contributed by atoms with Crippen molar-refractivity contribution >= 4 is 34.3 Å². The Morgan fingerprint density at radius 3 is 2.69 bits per heavy atom. The number of thiophene rings is 1. The average Bonchev–Trinajstić information content (AvgIpc) is 3.20. The highest BCUT2D eigenvalue weighted by atomic mass is 32.1. The molecule has 0 atom stereocenters. The van der Waals surface area contributed by atoms with E-state index in [1.54, 1.807) is 32.2 Å². The monoisotopic (exact) mass is 496 g/mol. The molecule has 186 valence electrons. The normalized spacial score (nSPS) is 13.1. The molecule has 0 spiro atoms. The number of carbonyl (C=O) groups is 2. The predicted octanol–water partition coefficient (Wildman–Crippen LogP) is 5.78. The highest BCUT2D eigenvalue weighted by Crippen LogP contribution is 2.39. The Hall–Kier alpha value is -3.31.